The van der Waals surface area contributed by atoms with Crippen molar-refractivity contribution in [2.45, 2.75) is 38.2 Å². The Hall–Kier alpha value is -0.590. The summed E-state index contributed by atoms with van der Waals surface area (Å²) in [6.45, 7) is 5.19. The van der Waals surface area contributed by atoms with Crippen LogP contribution in [0.5, 0.6) is 0 Å². The van der Waals surface area contributed by atoms with Crippen LogP contribution < -0.4 is 0 Å². The molecule has 17 heavy (non-hydrogen) atoms. The number of hydrogen-bond donors (Lipinski definition) is 0. The first-order valence-electron chi connectivity index (χ1n) is 5.03. The van der Waals surface area contributed by atoms with Crippen LogP contribution in [0, 0.1) is 0 Å². The lowest BCUT2D eigenvalue weighted by Crippen LogP contribution is -2.13. The molecule has 0 aliphatic rings. The second-order valence-electron chi connectivity index (χ2n) is 3.65. The fourth-order valence-electron chi connectivity index (χ4n) is 1.32. The first-order valence-corrected chi connectivity index (χ1v) is 8.22. The Labute approximate surface area is 109 Å². The van der Waals surface area contributed by atoms with Crippen LogP contribution in [0.1, 0.15) is 36.0 Å². The SMILES string of the molecule is CCc1scc(C(=O)OC(C)C)c1S(=O)(=O)Cl. The molecule has 0 amide bonds. The van der Waals surface area contributed by atoms with Gasteiger partial charge in [-0.3, -0.25) is 0 Å². The molecule has 0 saturated heterocycles. The van der Waals surface area contributed by atoms with Crippen molar-refractivity contribution in [1.29, 1.82) is 0 Å². The molecule has 1 aromatic rings. The molecule has 1 rings (SSSR count). The minimum atomic E-state index is -3.93. The molecule has 96 valence electrons. The van der Waals surface area contributed by atoms with Gasteiger partial charge >= 0.3 is 5.97 Å². The van der Waals surface area contributed by atoms with E-state index in [2.05, 4.69) is 0 Å². The molecule has 0 aliphatic carbocycles. The summed E-state index contributed by atoms with van der Waals surface area (Å²) < 4.78 is 27.9. The molecule has 1 aromatic heterocycles. The largest absolute Gasteiger partial charge is 0.459 e. The van der Waals surface area contributed by atoms with Crippen molar-refractivity contribution in [2.75, 3.05) is 0 Å². The van der Waals surface area contributed by atoms with Crippen LogP contribution in [-0.4, -0.2) is 20.5 Å². The molecule has 0 bridgehead atoms. The van der Waals surface area contributed by atoms with Gasteiger partial charge in [-0.05, 0) is 20.3 Å². The smallest absolute Gasteiger partial charge is 0.340 e. The normalized spacial score (nSPS) is 11.8. The molecule has 0 aromatic carbocycles. The highest BCUT2D eigenvalue weighted by atomic mass is 35.7. The van der Waals surface area contributed by atoms with E-state index in [1.54, 1.807) is 20.8 Å². The Morgan fingerprint density at radius 3 is 2.53 bits per heavy atom. The van der Waals surface area contributed by atoms with Gasteiger partial charge < -0.3 is 4.74 Å². The van der Waals surface area contributed by atoms with Gasteiger partial charge in [-0.2, -0.15) is 0 Å². The second kappa shape index (κ2) is 5.37. The summed E-state index contributed by atoms with van der Waals surface area (Å²) in [7, 11) is 1.41. The van der Waals surface area contributed by atoms with E-state index in [0.717, 1.165) is 0 Å². The molecule has 0 saturated carbocycles. The maximum absolute atomic E-state index is 11.7. The number of rotatable bonds is 4. The van der Waals surface area contributed by atoms with Crippen LogP contribution in [0.3, 0.4) is 0 Å². The first kappa shape index (κ1) is 14.5. The van der Waals surface area contributed by atoms with E-state index in [-0.39, 0.29) is 16.6 Å². The fourth-order valence-corrected chi connectivity index (χ4v) is 4.21. The van der Waals surface area contributed by atoms with Crippen LogP contribution in [0.4, 0.5) is 0 Å². The summed E-state index contributed by atoms with van der Waals surface area (Å²) in [5.74, 6) is -0.657. The molecule has 0 radical (unpaired) electrons. The molecule has 0 spiro atoms. The lowest BCUT2D eigenvalue weighted by molar-refractivity contribution is 0.0374. The van der Waals surface area contributed by atoms with Gasteiger partial charge in [-0.25, -0.2) is 13.2 Å². The summed E-state index contributed by atoms with van der Waals surface area (Å²) in [6.07, 6.45) is 0.194. The standard InChI is InChI=1S/C10H13ClO4S2/c1-4-8-9(17(11,13)14)7(5-16-8)10(12)15-6(2)3/h5-6H,4H2,1-3H3. The van der Waals surface area contributed by atoms with Gasteiger partial charge in [0.1, 0.15) is 4.90 Å². The van der Waals surface area contributed by atoms with Gasteiger partial charge in [0, 0.05) is 20.9 Å². The van der Waals surface area contributed by atoms with Gasteiger partial charge in [-0.1, -0.05) is 6.92 Å². The molecule has 0 aliphatic heterocycles. The van der Waals surface area contributed by atoms with Crippen molar-refractivity contribution in [3.05, 3.63) is 15.8 Å². The fraction of sp³-hybridized carbons (Fsp3) is 0.500. The van der Waals surface area contributed by atoms with Crippen molar-refractivity contribution in [1.82, 2.24) is 0 Å². The summed E-state index contributed by atoms with van der Waals surface area (Å²) in [5.41, 5.74) is 0.0237. The molecule has 7 heteroatoms. The molecule has 0 unspecified atom stereocenters. The van der Waals surface area contributed by atoms with E-state index >= 15 is 0 Å². The second-order valence-corrected chi connectivity index (χ2v) is 7.11. The first-order chi connectivity index (χ1) is 7.77. The monoisotopic (exact) mass is 296 g/mol. The predicted molar refractivity (Wildman–Crippen MR) is 67.3 cm³/mol. The number of thiophene rings is 1. The highest BCUT2D eigenvalue weighted by Gasteiger charge is 2.27. The number of hydrogen-bond acceptors (Lipinski definition) is 5. The Kier molecular flexibility index (Phi) is 4.57. The van der Waals surface area contributed by atoms with Crippen molar-refractivity contribution in [3.63, 3.8) is 0 Å². The number of carbonyl (C=O) groups excluding carboxylic acids is 1. The molecule has 0 atom stereocenters. The van der Waals surface area contributed by atoms with E-state index in [1.165, 1.54) is 16.7 Å². The van der Waals surface area contributed by atoms with E-state index in [0.29, 0.717) is 11.3 Å². The highest BCUT2D eigenvalue weighted by molar-refractivity contribution is 8.14. The zero-order chi connectivity index (χ0) is 13.2. The number of carbonyl (C=O) groups is 1. The topological polar surface area (TPSA) is 60.4 Å². The third-order valence-corrected chi connectivity index (χ3v) is 4.62. The van der Waals surface area contributed by atoms with Gasteiger partial charge in [0.15, 0.2) is 0 Å². The molecule has 0 fully saturated rings. The summed E-state index contributed by atoms with van der Waals surface area (Å²) in [4.78, 5) is 12.2. The minimum absolute atomic E-state index is 0.0237. The maximum Gasteiger partial charge on any atom is 0.340 e. The zero-order valence-electron chi connectivity index (χ0n) is 9.69. The minimum Gasteiger partial charge on any atom is -0.459 e. The molecule has 1 heterocycles. The maximum atomic E-state index is 11.7. The Balaban J connectivity index is 3.27. The Morgan fingerprint density at radius 2 is 2.12 bits per heavy atom. The van der Waals surface area contributed by atoms with Gasteiger partial charge in [0.2, 0.25) is 0 Å². The lowest BCUT2D eigenvalue weighted by Gasteiger charge is -2.07. The van der Waals surface area contributed by atoms with Crippen LogP contribution >= 0.6 is 22.0 Å². The predicted octanol–water partition coefficient (Wildman–Crippen LogP) is 2.80. The van der Waals surface area contributed by atoms with Gasteiger partial charge in [0.25, 0.3) is 9.05 Å². The van der Waals surface area contributed by atoms with Crippen LogP contribution in [0.15, 0.2) is 10.3 Å². The van der Waals surface area contributed by atoms with Crippen LogP contribution in [-0.2, 0) is 20.2 Å². The van der Waals surface area contributed by atoms with Gasteiger partial charge in [-0.15, -0.1) is 11.3 Å². The van der Waals surface area contributed by atoms with E-state index < -0.39 is 15.0 Å². The van der Waals surface area contributed by atoms with Crippen molar-refractivity contribution in [3.8, 4) is 0 Å². The molecular weight excluding hydrogens is 284 g/mol. The molecule has 0 N–H and O–H groups in total. The number of ether oxygens (including phenoxy) is 1. The Bertz CT molecular complexity index is 516. The highest BCUT2D eigenvalue weighted by Crippen LogP contribution is 2.31. The van der Waals surface area contributed by atoms with Gasteiger partial charge in [0.05, 0.1) is 11.7 Å². The van der Waals surface area contributed by atoms with Crippen molar-refractivity contribution < 1.29 is 17.9 Å². The van der Waals surface area contributed by atoms with Crippen LogP contribution in [0.25, 0.3) is 0 Å². The lowest BCUT2D eigenvalue weighted by atomic mass is 10.3. The molecule has 4 nitrogen and oxygen atoms in total. The Morgan fingerprint density at radius 1 is 1.53 bits per heavy atom. The van der Waals surface area contributed by atoms with Crippen molar-refractivity contribution in [2.24, 2.45) is 0 Å². The number of esters is 1. The molecular formula is C10H13ClO4S2. The third kappa shape index (κ3) is 3.43. The van der Waals surface area contributed by atoms with E-state index in [9.17, 15) is 13.2 Å². The average molecular weight is 297 g/mol. The quantitative estimate of drug-likeness (QED) is 0.633. The summed E-state index contributed by atoms with van der Waals surface area (Å²) >= 11 is 1.19. The van der Waals surface area contributed by atoms with E-state index in [4.69, 9.17) is 15.4 Å². The average Bonchev–Trinajstić information content (AvgIpc) is 2.58. The van der Waals surface area contributed by atoms with Crippen molar-refractivity contribution >= 4 is 37.0 Å². The number of aryl methyl sites for hydroxylation is 1. The summed E-state index contributed by atoms with van der Waals surface area (Å²) in [6, 6.07) is 0. The van der Waals surface area contributed by atoms with Crippen LogP contribution in [0.2, 0.25) is 0 Å². The van der Waals surface area contributed by atoms with E-state index in [1.807, 2.05) is 0 Å². The third-order valence-electron chi connectivity index (χ3n) is 1.94. The summed E-state index contributed by atoms with van der Waals surface area (Å²) in [5, 5.41) is 1.47. The zero-order valence-corrected chi connectivity index (χ0v) is 12.1. The number of halogens is 1.